The maximum absolute atomic E-state index is 13.1. The molecule has 1 aromatic rings. The molecule has 4 fully saturated rings. The number of rotatable bonds is 6. The first-order valence-electron chi connectivity index (χ1n) is 14.1. The van der Waals surface area contributed by atoms with Crippen molar-refractivity contribution < 1.29 is 17.8 Å². The van der Waals surface area contributed by atoms with Crippen molar-refractivity contribution in [3.05, 3.63) is 35.9 Å². The highest BCUT2D eigenvalue weighted by Crippen LogP contribution is 2.68. The molecule has 1 aromatic carbocycles. The van der Waals surface area contributed by atoms with E-state index in [9.17, 15) is 17.8 Å². The van der Waals surface area contributed by atoms with Crippen molar-refractivity contribution in [1.29, 1.82) is 0 Å². The van der Waals surface area contributed by atoms with Gasteiger partial charge in [0.25, 0.3) is 10.1 Å². The lowest BCUT2D eigenvalue weighted by atomic mass is 9.44. The zero-order valence-electron chi connectivity index (χ0n) is 21.8. The molecule has 0 amide bonds. The van der Waals surface area contributed by atoms with Crippen LogP contribution in [-0.4, -0.2) is 24.0 Å². The second kappa shape index (κ2) is 9.28. The Morgan fingerprint density at radius 1 is 0.943 bits per heavy atom. The summed E-state index contributed by atoms with van der Waals surface area (Å²) in [6.45, 7) is 7.20. The summed E-state index contributed by atoms with van der Waals surface area (Å²) in [5, 5.41) is -1.38. The van der Waals surface area contributed by atoms with Gasteiger partial charge < -0.3 is 0 Å². The summed E-state index contributed by atoms with van der Waals surface area (Å²) >= 11 is 0. The van der Waals surface area contributed by atoms with Crippen molar-refractivity contribution in [3.8, 4) is 0 Å². The van der Waals surface area contributed by atoms with E-state index in [0.29, 0.717) is 22.8 Å². The van der Waals surface area contributed by atoms with Crippen LogP contribution in [0, 0.1) is 46.3 Å². The van der Waals surface area contributed by atoms with Crippen LogP contribution in [0.4, 0.5) is 0 Å². The van der Waals surface area contributed by atoms with Crippen molar-refractivity contribution in [2.75, 3.05) is 0 Å². The van der Waals surface area contributed by atoms with Crippen LogP contribution < -0.4 is 0 Å². The highest BCUT2D eigenvalue weighted by atomic mass is 32.2. The molecule has 4 saturated carbocycles. The fourth-order valence-corrected chi connectivity index (χ4v) is 10.9. The van der Waals surface area contributed by atoms with Gasteiger partial charge in [-0.3, -0.25) is 9.35 Å². The summed E-state index contributed by atoms with van der Waals surface area (Å²) in [5.41, 5.74) is 1.08. The molecule has 0 aliphatic heterocycles. The highest BCUT2D eigenvalue weighted by molar-refractivity contribution is 7.87. The minimum atomic E-state index is -4.48. The van der Waals surface area contributed by atoms with Crippen LogP contribution in [0.3, 0.4) is 0 Å². The third-order valence-electron chi connectivity index (χ3n) is 11.6. The summed E-state index contributed by atoms with van der Waals surface area (Å²) in [4.78, 5) is 13.1. The van der Waals surface area contributed by atoms with Crippen LogP contribution in [0.25, 0.3) is 0 Å². The molecule has 9 atom stereocenters. The Hall–Kier alpha value is -1.20. The Morgan fingerprint density at radius 3 is 2.37 bits per heavy atom. The molecule has 194 valence electrons. The first kappa shape index (κ1) is 25.4. The van der Waals surface area contributed by atoms with E-state index in [4.69, 9.17) is 0 Å². The summed E-state index contributed by atoms with van der Waals surface area (Å²) in [5.74, 6) is 3.26. The summed E-state index contributed by atoms with van der Waals surface area (Å²) in [7, 11) is -4.48. The van der Waals surface area contributed by atoms with Gasteiger partial charge in [0, 0.05) is 5.56 Å². The molecule has 4 aliphatic carbocycles. The van der Waals surface area contributed by atoms with Crippen molar-refractivity contribution >= 4 is 15.9 Å². The molecule has 5 rings (SSSR count). The number of fused-ring (bicyclic) bond motifs is 5. The first-order chi connectivity index (χ1) is 16.6. The van der Waals surface area contributed by atoms with Gasteiger partial charge in [0.2, 0.25) is 0 Å². The van der Waals surface area contributed by atoms with Gasteiger partial charge in [-0.1, -0.05) is 63.9 Å². The minimum absolute atomic E-state index is 0.0720. The van der Waals surface area contributed by atoms with Gasteiger partial charge in [-0.05, 0) is 104 Å². The molecule has 0 spiro atoms. The second-order valence-electron chi connectivity index (χ2n) is 13.1. The Labute approximate surface area is 212 Å². The Balaban J connectivity index is 1.35. The molecule has 4 aliphatic rings. The molecule has 2 unspecified atom stereocenters. The highest BCUT2D eigenvalue weighted by Gasteiger charge is 2.60. The van der Waals surface area contributed by atoms with E-state index in [1.807, 2.05) is 0 Å². The lowest BCUT2D eigenvalue weighted by molar-refractivity contribution is -0.114. The molecule has 0 radical (unpaired) electrons. The van der Waals surface area contributed by atoms with Gasteiger partial charge in [0.1, 0.15) is 5.25 Å². The van der Waals surface area contributed by atoms with Gasteiger partial charge in [0.05, 0.1) is 0 Å². The summed E-state index contributed by atoms with van der Waals surface area (Å²) in [6, 6.07) is 8.56. The average molecular weight is 501 g/mol. The van der Waals surface area contributed by atoms with Gasteiger partial charge >= 0.3 is 0 Å². The fourth-order valence-electron chi connectivity index (χ4n) is 9.92. The molecule has 0 bridgehead atoms. The molecular weight excluding hydrogens is 456 g/mol. The molecule has 4 nitrogen and oxygen atoms in total. The SMILES string of the molecule is C[C@H](CC(C(=O)c1ccccc1)S(=O)(=O)O)[C@H]1CC[C@H]2[C@@H]3CCC4CCCC[C@]4(C)[C@H]3CC[C@]12C. The number of Topliss-reactive ketones (excluding diaryl/α,β-unsaturated/α-hetero) is 1. The van der Waals surface area contributed by atoms with Gasteiger partial charge in [-0.15, -0.1) is 0 Å². The largest absolute Gasteiger partial charge is 0.293 e. The lowest BCUT2D eigenvalue weighted by Crippen LogP contribution is -2.53. The third-order valence-corrected chi connectivity index (χ3v) is 12.8. The van der Waals surface area contributed by atoms with Gasteiger partial charge in [-0.25, -0.2) is 0 Å². The average Bonchev–Trinajstić information content (AvgIpc) is 3.19. The number of hydrogen-bond acceptors (Lipinski definition) is 3. The maximum Gasteiger partial charge on any atom is 0.275 e. The van der Waals surface area contributed by atoms with Crippen LogP contribution in [0.2, 0.25) is 0 Å². The molecule has 35 heavy (non-hydrogen) atoms. The van der Waals surface area contributed by atoms with Gasteiger partial charge in [-0.2, -0.15) is 8.42 Å². The van der Waals surface area contributed by atoms with Crippen molar-refractivity contribution in [1.82, 2.24) is 0 Å². The van der Waals surface area contributed by atoms with Crippen LogP contribution in [0.1, 0.15) is 102 Å². The molecule has 1 N–H and O–H groups in total. The van der Waals surface area contributed by atoms with Crippen LogP contribution >= 0.6 is 0 Å². The Bertz CT molecular complexity index is 1040. The van der Waals surface area contributed by atoms with Gasteiger partial charge in [0.15, 0.2) is 5.78 Å². The maximum atomic E-state index is 13.1. The molecule has 0 saturated heterocycles. The Kier molecular flexibility index (Phi) is 6.74. The Morgan fingerprint density at radius 2 is 1.66 bits per heavy atom. The first-order valence-corrected chi connectivity index (χ1v) is 15.6. The zero-order chi connectivity index (χ0) is 25.0. The van der Waals surface area contributed by atoms with E-state index in [-0.39, 0.29) is 17.8 Å². The summed E-state index contributed by atoms with van der Waals surface area (Å²) in [6.07, 6.45) is 13.5. The van der Waals surface area contributed by atoms with Crippen molar-refractivity contribution in [3.63, 3.8) is 0 Å². The predicted octanol–water partition coefficient (Wildman–Crippen LogP) is 7.20. The standard InChI is InChI=1S/C30H44O4S/c1-20(19-27(35(32,33)34)28(31)21-9-5-4-6-10-21)24-14-15-25-23-13-12-22-11-7-8-17-29(22,2)26(23)16-18-30(24,25)3/h4-6,9-10,20,22-27H,7-8,11-19H2,1-3H3,(H,32,33,34)/t20-,22?,23+,24-,25+,26+,27?,29+,30-/m1/s1. The normalized spacial score (nSPS) is 40.7. The van der Waals surface area contributed by atoms with E-state index in [1.54, 1.807) is 30.3 Å². The fraction of sp³-hybridized carbons (Fsp3) is 0.767. The quantitative estimate of drug-likeness (QED) is 0.331. The molecule has 5 heteroatoms. The number of ketones is 1. The van der Waals surface area contributed by atoms with Crippen molar-refractivity contribution in [2.24, 2.45) is 46.3 Å². The van der Waals surface area contributed by atoms with E-state index in [2.05, 4.69) is 20.8 Å². The van der Waals surface area contributed by atoms with Crippen LogP contribution in [0.15, 0.2) is 30.3 Å². The van der Waals surface area contributed by atoms with Crippen LogP contribution in [-0.2, 0) is 10.1 Å². The molecule has 0 aromatic heterocycles. The van der Waals surface area contributed by atoms with E-state index in [1.165, 1.54) is 57.8 Å². The summed E-state index contributed by atoms with van der Waals surface area (Å²) < 4.78 is 34.7. The second-order valence-corrected chi connectivity index (χ2v) is 14.7. The van der Waals surface area contributed by atoms with E-state index >= 15 is 0 Å². The third kappa shape index (κ3) is 4.33. The minimum Gasteiger partial charge on any atom is -0.293 e. The topological polar surface area (TPSA) is 71.4 Å². The number of hydrogen-bond donors (Lipinski definition) is 1. The lowest BCUT2D eigenvalue weighted by Gasteiger charge is -2.61. The molecular formula is C30H44O4S. The van der Waals surface area contributed by atoms with E-state index in [0.717, 1.165) is 24.2 Å². The smallest absolute Gasteiger partial charge is 0.275 e. The number of carbonyl (C=O) groups is 1. The number of benzene rings is 1. The van der Waals surface area contributed by atoms with E-state index < -0.39 is 21.2 Å². The number of carbonyl (C=O) groups excluding carboxylic acids is 1. The molecule has 0 heterocycles. The monoisotopic (exact) mass is 500 g/mol. The van der Waals surface area contributed by atoms with Crippen molar-refractivity contribution in [2.45, 2.75) is 96.7 Å². The predicted molar refractivity (Wildman–Crippen MR) is 140 cm³/mol. The zero-order valence-corrected chi connectivity index (χ0v) is 22.6. The van der Waals surface area contributed by atoms with Crippen LogP contribution in [0.5, 0.6) is 0 Å².